The van der Waals surface area contributed by atoms with Gasteiger partial charge in [0.15, 0.2) is 0 Å². The van der Waals surface area contributed by atoms with E-state index >= 15 is 0 Å². The minimum Gasteiger partial charge on any atom is -0.598 e. The monoisotopic (exact) mass is 384 g/mol. The van der Waals surface area contributed by atoms with Gasteiger partial charge in [0, 0.05) is 34.9 Å². The van der Waals surface area contributed by atoms with Crippen LogP contribution in [-0.2, 0) is 17.8 Å². The maximum atomic E-state index is 12.8. The molecule has 2 N–H and O–H groups in total. The van der Waals surface area contributed by atoms with Gasteiger partial charge in [-0.1, -0.05) is 17.7 Å². The molecule has 1 spiro atoms. The number of carbonyl (C=O) groups is 1. The Kier molecular flexibility index (Phi) is 5.01. The Morgan fingerprint density at radius 1 is 1.40 bits per heavy atom. The molecule has 5 nitrogen and oxygen atoms in total. The number of likely N-dealkylation sites (tertiary alicyclic amines) is 1. The normalized spacial score (nSPS) is 23.6. The molecule has 1 heterocycles. The Morgan fingerprint density at radius 2 is 2.04 bits per heavy atom. The molecule has 0 saturated carbocycles. The first-order chi connectivity index (χ1) is 11.6. The first kappa shape index (κ1) is 18.8. The molecular formula is C18H25ClN2O3S. The number of carboxylic acid groups (broad SMARTS) is 1. The molecule has 7 heteroatoms. The first-order valence-corrected chi connectivity index (χ1v) is 10.1. The Morgan fingerprint density at radius 3 is 2.60 bits per heavy atom. The van der Waals surface area contributed by atoms with Gasteiger partial charge in [-0.2, -0.15) is 0 Å². The van der Waals surface area contributed by atoms with Gasteiger partial charge < -0.3 is 14.6 Å². The fourth-order valence-corrected chi connectivity index (χ4v) is 5.04. The quantitative estimate of drug-likeness (QED) is 0.761. The zero-order chi connectivity index (χ0) is 18.4. The molecule has 2 aliphatic rings. The van der Waals surface area contributed by atoms with Gasteiger partial charge in [0.25, 0.3) is 0 Å². The number of hydrogen-bond acceptors (Lipinski definition) is 3. The molecule has 1 aliphatic heterocycles. The maximum absolute atomic E-state index is 12.8. The van der Waals surface area contributed by atoms with Crippen LogP contribution >= 0.6 is 11.6 Å². The molecule has 138 valence electrons. The number of nitrogens with zero attached hydrogens (tertiary/aromatic N) is 1. The summed E-state index contributed by atoms with van der Waals surface area (Å²) in [6.45, 7) is 6.88. The van der Waals surface area contributed by atoms with Gasteiger partial charge in [0.1, 0.15) is 4.75 Å². The van der Waals surface area contributed by atoms with Crippen LogP contribution in [0.15, 0.2) is 18.2 Å². The highest BCUT2D eigenvalue weighted by Gasteiger charge is 2.50. The molecule has 1 aliphatic carbocycles. The molecule has 0 unspecified atom stereocenters. The van der Waals surface area contributed by atoms with Gasteiger partial charge in [-0.3, -0.25) is 0 Å². The Bertz CT molecular complexity index is 669. The Balaban J connectivity index is 1.90. The van der Waals surface area contributed by atoms with Crippen LogP contribution in [0.1, 0.15) is 50.8 Å². The molecule has 3 rings (SSSR count). The number of rotatable bonds is 2. The highest BCUT2D eigenvalue weighted by atomic mass is 35.5. The topological polar surface area (TPSA) is 75.6 Å². The van der Waals surface area contributed by atoms with E-state index in [1.807, 2.05) is 39.0 Å². The van der Waals surface area contributed by atoms with Crippen molar-refractivity contribution in [1.82, 2.24) is 9.62 Å². The minimum absolute atomic E-state index is 0.0456. The van der Waals surface area contributed by atoms with E-state index in [1.165, 1.54) is 10.5 Å². The lowest BCUT2D eigenvalue weighted by Gasteiger charge is -2.43. The van der Waals surface area contributed by atoms with Crippen LogP contribution in [0.3, 0.4) is 0 Å². The van der Waals surface area contributed by atoms with Crippen LogP contribution < -0.4 is 4.72 Å². The Labute approximate surface area is 157 Å². The van der Waals surface area contributed by atoms with E-state index in [4.69, 9.17) is 11.6 Å². The summed E-state index contributed by atoms with van der Waals surface area (Å²) in [4.78, 5) is 12.7. The molecule has 1 fully saturated rings. The number of hydrogen-bond donors (Lipinski definition) is 2. The average molecular weight is 385 g/mol. The van der Waals surface area contributed by atoms with Crippen LogP contribution in [-0.4, -0.2) is 38.5 Å². The smallest absolute Gasteiger partial charge is 0.407 e. The highest BCUT2D eigenvalue weighted by molar-refractivity contribution is 7.90. The number of benzene rings is 1. The second-order valence-electron chi connectivity index (χ2n) is 8.08. The van der Waals surface area contributed by atoms with Crippen LogP contribution in [0, 0.1) is 5.41 Å². The van der Waals surface area contributed by atoms with Crippen molar-refractivity contribution in [3.8, 4) is 0 Å². The van der Waals surface area contributed by atoms with Crippen molar-refractivity contribution in [2.75, 3.05) is 13.1 Å². The number of fused-ring (bicyclic) bond motifs is 1. The minimum atomic E-state index is -1.20. The van der Waals surface area contributed by atoms with E-state index in [9.17, 15) is 14.5 Å². The maximum Gasteiger partial charge on any atom is 0.407 e. The summed E-state index contributed by atoms with van der Waals surface area (Å²) in [5, 5.41) is 9.94. The standard InChI is InChI=1S/C18H25ClN2O3S/c1-17(2,3)25(24)20-15-14-5-4-13(19)10-12(14)11-18(15)6-8-21(9-7-18)16(22)23/h4-5,10,15,20H,6-9,11H2,1-3H3,(H,22,23)/t15-,25-/m1/s1. The van der Waals surface area contributed by atoms with E-state index in [-0.39, 0.29) is 16.2 Å². The van der Waals surface area contributed by atoms with Crippen LogP contribution in [0.5, 0.6) is 0 Å². The predicted molar refractivity (Wildman–Crippen MR) is 100 cm³/mol. The Hall–Kier alpha value is -0.950. The molecule has 1 aromatic rings. The van der Waals surface area contributed by atoms with Crippen molar-refractivity contribution in [3.05, 3.63) is 34.3 Å². The van der Waals surface area contributed by atoms with Crippen molar-refractivity contribution >= 4 is 29.1 Å². The van der Waals surface area contributed by atoms with Gasteiger partial charge in [-0.25, -0.2) is 4.79 Å². The third-order valence-corrected chi connectivity index (χ3v) is 7.18. The average Bonchev–Trinajstić information content (AvgIpc) is 2.79. The number of halogens is 1. The summed E-state index contributed by atoms with van der Waals surface area (Å²) >= 11 is 4.98. The summed E-state index contributed by atoms with van der Waals surface area (Å²) in [7, 11) is 0. The summed E-state index contributed by atoms with van der Waals surface area (Å²) in [5.74, 6) is 0. The lowest BCUT2D eigenvalue weighted by Crippen LogP contribution is -2.50. The zero-order valence-corrected chi connectivity index (χ0v) is 16.4. The van der Waals surface area contributed by atoms with Gasteiger partial charge in [-0.15, -0.1) is 4.72 Å². The third kappa shape index (κ3) is 3.63. The van der Waals surface area contributed by atoms with Gasteiger partial charge in [0.2, 0.25) is 0 Å². The van der Waals surface area contributed by atoms with Gasteiger partial charge in [0.05, 0.1) is 6.04 Å². The van der Waals surface area contributed by atoms with E-state index < -0.39 is 17.5 Å². The summed E-state index contributed by atoms with van der Waals surface area (Å²) in [5.41, 5.74) is 2.21. The summed E-state index contributed by atoms with van der Waals surface area (Å²) in [6, 6.07) is 5.84. The number of piperidine rings is 1. The molecule has 1 amide bonds. The lowest BCUT2D eigenvalue weighted by atomic mass is 9.73. The predicted octanol–water partition coefficient (Wildman–Crippen LogP) is 3.75. The van der Waals surface area contributed by atoms with E-state index in [1.54, 1.807) is 0 Å². The van der Waals surface area contributed by atoms with Gasteiger partial charge >= 0.3 is 6.09 Å². The van der Waals surface area contributed by atoms with Crippen LogP contribution in [0.25, 0.3) is 0 Å². The molecule has 0 aromatic heterocycles. The summed E-state index contributed by atoms with van der Waals surface area (Å²) < 4.78 is 15.8. The molecule has 25 heavy (non-hydrogen) atoms. The zero-order valence-electron chi connectivity index (χ0n) is 14.8. The SMILES string of the molecule is CC(C)(C)[S@@+]([O-])N[C@@H]1c2ccc(Cl)cc2CC12CCN(C(=O)O)CC2. The second kappa shape index (κ2) is 6.65. The lowest BCUT2D eigenvalue weighted by molar-refractivity contribution is 0.0764. The molecule has 1 saturated heterocycles. The van der Waals surface area contributed by atoms with Crippen molar-refractivity contribution in [3.63, 3.8) is 0 Å². The highest BCUT2D eigenvalue weighted by Crippen LogP contribution is 2.53. The molecule has 0 bridgehead atoms. The van der Waals surface area contributed by atoms with Crippen molar-refractivity contribution in [2.24, 2.45) is 5.41 Å². The molecule has 2 atom stereocenters. The van der Waals surface area contributed by atoms with Crippen LogP contribution in [0.2, 0.25) is 5.02 Å². The number of amides is 1. The molecule has 0 radical (unpaired) electrons. The largest absolute Gasteiger partial charge is 0.598 e. The second-order valence-corrected chi connectivity index (χ2v) is 10.5. The number of nitrogens with one attached hydrogen (secondary N) is 1. The van der Waals surface area contributed by atoms with Crippen molar-refractivity contribution < 1.29 is 14.5 Å². The fraction of sp³-hybridized carbons (Fsp3) is 0.611. The molecular weight excluding hydrogens is 360 g/mol. The van der Waals surface area contributed by atoms with Crippen molar-refractivity contribution in [1.29, 1.82) is 0 Å². The summed E-state index contributed by atoms with van der Waals surface area (Å²) in [6.07, 6.45) is 1.49. The van der Waals surface area contributed by atoms with E-state index in [0.29, 0.717) is 18.1 Å². The van der Waals surface area contributed by atoms with E-state index in [0.717, 1.165) is 24.8 Å². The fourth-order valence-electron chi connectivity index (χ4n) is 3.90. The van der Waals surface area contributed by atoms with Crippen LogP contribution in [0.4, 0.5) is 4.79 Å². The van der Waals surface area contributed by atoms with Crippen molar-refractivity contribution in [2.45, 2.75) is 50.8 Å². The first-order valence-electron chi connectivity index (χ1n) is 8.57. The third-order valence-electron chi connectivity index (χ3n) is 5.38. The van der Waals surface area contributed by atoms with Gasteiger partial charge in [-0.05, 0) is 63.3 Å². The van der Waals surface area contributed by atoms with E-state index in [2.05, 4.69) is 4.72 Å². The molecule has 1 aromatic carbocycles.